The molecule has 3 aromatic rings. The number of aryl methyl sites for hydroxylation is 1. The van der Waals surface area contributed by atoms with E-state index < -0.39 is 0 Å². The third-order valence-corrected chi connectivity index (χ3v) is 3.66. The van der Waals surface area contributed by atoms with E-state index in [-0.39, 0.29) is 5.56 Å². The summed E-state index contributed by atoms with van der Waals surface area (Å²) in [4.78, 5) is 17.5. The Hall–Kier alpha value is -2.13. The molecule has 1 heterocycles. The van der Waals surface area contributed by atoms with Gasteiger partial charge in [-0.2, -0.15) is 0 Å². The summed E-state index contributed by atoms with van der Waals surface area (Å²) in [6.45, 7) is 2.08. The molecular formula is C17H15ClN2O. The first-order chi connectivity index (χ1) is 10.2. The van der Waals surface area contributed by atoms with Gasteiger partial charge in [-0.15, -0.1) is 0 Å². The van der Waals surface area contributed by atoms with Crippen molar-refractivity contribution in [1.82, 2.24) is 9.55 Å². The minimum atomic E-state index is -0.0358. The molecule has 4 heteroatoms. The largest absolute Gasteiger partial charge is 0.268 e. The van der Waals surface area contributed by atoms with Crippen LogP contribution in [0.4, 0.5) is 0 Å². The molecule has 0 amide bonds. The van der Waals surface area contributed by atoms with E-state index in [0.29, 0.717) is 10.4 Å². The Morgan fingerprint density at radius 1 is 1.10 bits per heavy atom. The summed E-state index contributed by atoms with van der Waals surface area (Å²) in [6, 6.07) is 14.7. The number of rotatable bonds is 3. The first kappa shape index (κ1) is 13.8. The van der Waals surface area contributed by atoms with Crippen molar-refractivity contribution in [2.75, 3.05) is 0 Å². The molecule has 0 fully saturated rings. The van der Waals surface area contributed by atoms with Crippen LogP contribution in [0.25, 0.3) is 16.6 Å². The lowest BCUT2D eigenvalue weighted by molar-refractivity contribution is 0.774. The van der Waals surface area contributed by atoms with Gasteiger partial charge in [-0.3, -0.25) is 9.36 Å². The Balaban J connectivity index is 2.33. The van der Waals surface area contributed by atoms with Crippen molar-refractivity contribution in [2.45, 2.75) is 19.8 Å². The molecule has 0 aliphatic rings. The van der Waals surface area contributed by atoms with Crippen LogP contribution in [0, 0.1) is 0 Å². The standard InChI is InChI=1S/C17H15ClN2O/c1-2-5-16-19-15-7-4-3-6-14(15)17(21)20(16)13-10-8-12(18)9-11-13/h3-4,6-11H,2,5H2,1H3. The molecule has 0 aliphatic carbocycles. The van der Waals surface area contributed by atoms with Gasteiger partial charge in [0.15, 0.2) is 0 Å². The summed E-state index contributed by atoms with van der Waals surface area (Å²) >= 11 is 5.93. The maximum absolute atomic E-state index is 12.8. The minimum Gasteiger partial charge on any atom is -0.268 e. The summed E-state index contributed by atoms with van der Waals surface area (Å²) in [7, 11) is 0. The monoisotopic (exact) mass is 298 g/mol. The molecule has 2 aromatic carbocycles. The third kappa shape index (κ3) is 2.57. The van der Waals surface area contributed by atoms with Gasteiger partial charge in [-0.05, 0) is 42.8 Å². The van der Waals surface area contributed by atoms with Crippen molar-refractivity contribution in [2.24, 2.45) is 0 Å². The summed E-state index contributed by atoms with van der Waals surface area (Å²) in [5.41, 5.74) is 1.51. The second kappa shape index (κ2) is 5.70. The van der Waals surface area contributed by atoms with Crippen LogP contribution in [-0.2, 0) is 6.42 Å². The zero-order valence-corrected chi connectivity index (χ0v) is 12.5. The van der Waals surface area contributed by atoms with Crippen LogP contribution in [0.15, 0.2) is 53.3 Å². The Morgan fingerprint density at radius 3 is 2.52 bits per heavy atom. The van der Waals surface area contributed by atoms with Crippen LogP contribution in [0.2, 0.25) is 5.02 Å². The first-order valence-electron chi connectivity index (χ1n) is 6.97. The van der Waals surface area contributed by atoms with Crippen molar-refractivity contribution in [3.63, 3.8) is 0 Å². The summed E-state index contributed by atoms with van der Waals surface area (Å²) in [5, 5.41) is 1.28. The van der Waals surface area contributed by atoms with Crippen molar-refractivity contribution in [1.29, 1.82) is 0 Å². The maximum atomic E-state index is 12.8. The van der Waals surface area contributed by atoms with E-state index in [4.69, 9.17) is 11.6 Å². The fourth-order valence-corrected chi connectivity index (χ4v) is 2.55. The number of hydrogen-bond donors (Lipinski definition) is 0. The topological polar surface area (TPSA) is 34.9 Å². The molecule has 0 aliphatic heterocycles. The molecule has 21 heavy (non-hydrogen) atoms. The lowest BCUT2D eigenvalue weighted by Crippen LogP contribution is -2.23. The fraction of sp³-hybridized carbons (Fsp3) is 0.176. The van der Waals surface area contributed by atoms with E-state index >= 15 is 0 Å². The van der Waals surface area contributed by atoms with Gasteiger partial charge in [0.25, 0.3) is 5.56 Å². The molecule has 3 nitrogen and oxygen atoms in total. The predicted molar refractivity (Wildman–Crippen MR) is 86.3 cm³/mol. The highest BCUT2D eigenvalue weighted by molar-refractivity contribution is 6.30. The van der Waals surface area contributed by atoms with Crippen molar-refractivity contribution in [3.05, 3.63) is 69.7 Å². The van der Waals surface area contributed by atoms with Crippen molar-refractivity contribution < 1.29 is 0 Å². The number of aromatic nitrogens is 2. The highest BCUT2D eigenvalue weighted by atomic mass is 35.5. The molecule has 0 bridgehead atoms. The zero-order valence-electron chi connectivity index (χ0n) is 11.7. The molecule has 3 rings (SSSR count). The fourth-order valence-electron chi connectivity index (χ4n) is 2.43. The number of fused-ring (bicyclic) bond motifs is 1. The van der Waals surface area contributed by atoms with Crippen LogP contribution in [0.5, 0.6) is 0 Å². The average molecular weight is 299 g/mol. The number of halogens is 1. The normalized spacial score (nSPS) is 11.0. The van der Waals surface area contributed by atoms with Gasteiger partial charge in [-0.25, -0.2) is 4.98 Å². The van der Waals surface area contributed by atoms with Crippen LogP contribution >= 0.6 is 11.6 Å². The lowest BCUT2D eigenvalue weighted by atomic mass is 10.2. The van der Waals surface area contributed by atoms with Gasteiger partial charge in [0, 0.05) is 11.4 Å². The molecule has 0 spiro atoms. The molecule has 1 aromatic heterocycles. The maximum Gasteiger partial charge on any atom is 0.265 e. The third-order valence-electron chi connectivity index (χ3n) is 3.40. The Labute approximate surface area is 127 Å². The summed E-state index contributed by atoms with van der Waals surface area (Å²) in [6.07, 6.45) is 1.68. The summed E-state index contributed by atoms with van der Waals surface area (Å²) < 4.78 is 1.68. The molecule has 0 unspecified atom stereocenters. The van der Waals surface area contributed by atoms with E-state index in [0.717, 1.165) is 29.9 Å². The van der Waals surface area contributed by atoms with E-state index in [1.807, 2.05) is 36.4 Å². The molecule has 0 radical (unpaired) electrons. The van der Waals surface area contributed by atoms with Gasteiger partial charge in [-0.1, -0.05) is 30.7 Å². The zero-order chi connectivity index (χ0) is 14.8. The number of benzene rings is 2. The van der Waals surface area contributed by atoms with Crippen LogP contribution in [0.3, 0.4) is 0 Å². The molecule has 0 atom stereocenters. The Kier molecular flexibility index (Phi) is 3.76. The van der Waals surface area contributed by atoms with Crippen LogP contribution in [-0.4, -0.2) is 9.55 Å². The van der Waals surface area contributed by atoms with E-state index in [1.165, 1.54) is 0 Å². The molecule has 0 saturated heterocycles. The number of nitrogens with zero attached hydrogens (tertiary/aromatic N) is 2. The Bertz CT molecular complexity index is 838. The number of hydrogen-bond acceptors (Lipinski definition) is 2. The van der Waals surface area contributed by atoms with Crippen molar-refractivity contribution >= 4 is 22.5 Å². The quantitative estimate of drug-likeness (QED) is 0.733. The highest BCUT2D eigenvalue weighted by Crippen LogP contribution is 2.16. The highest BCUT2D eigenvalue weighted by Gasteiger charge is 2.11. The lowest BCUT2D eigenvalue weighted by Gasteiger charge is -2.13. The SMILES string of the molecule is CCCc1nc2ccccc2c(=O)n1-c1ccc(Cl)cc1. The molecule has 106 valence electrons. The van der Waals surface area contributed by atoms with Gasteiger partial charge in [0.1, 0.15) is 5.82 Å². The average Bonchev–Trinajstić information content (AvgIpc) is 2.49. The molecule has 0 N–H and O–H groups in total. The second-order valence-electron chi connectivity index (χ2n) is 4.91. The van der Waals surface area contributed by atoms with Gasteiger partial charge in [0.05, 0.1) is 16.6 Å². The first-order valence-corrected chi connectivity index (χ1v) is 7.35. The second-order valence-corrected chi connectivity index (χ2v) is 5.35. The Morgan fingerprint density at radius 2 is 1.81 bits per heavy atom. The van der Waals surface area contributed by atoms with E-state index in [9.17, 15) is 4.79 Å². The molecular weight excluding hydrogens is 284 g/mol. The van der Waals surface area contributed by atoms with Crippen LogP contribution in [0.1, 0.15) is 19.2 Å². The van der Waals surface area contributed by atoms with Crippen molar-refractivity contribution in [3.8, 4) is 5.69 Å². The molecule has 0 saturated carbocycles. The smallest absolute Gasteiger partial charge is 0.265 e. The predicted octanol–water partition coefficient (Wildman–Crippen LogP) is 3.99. The minimum absolute atomic E-state index is 0.0358. The van der Waals surface area contributed by atoms with E-state index in [1.54, 1.807) is 16.7 Å². The summed E-state index contributed by atoms with van der Waals surface area (Å²) in [5.74, 6) is 0.781. The van der Waals surface area contributed by atoms with Gasteiger partial charge >= 0.3 is 0 Å². The van der Waals surface area contributed by atoms with Gasteiger partial charge < -0.3 is 0 Å². The van der Waals surface area contributed by atoms with Gasteiger partial charge in [0.2, 0.25) is 0 Å². The van der Waals surface area contributed by atoms with E-state index in [2.05, 4.69) is 11.9 Å². The number of para-hydroxylation sites is 1. The van der Waals surface area contributed by atoms with Crippen LogP contribution < -0.4 is 5.56 Å².